The molecule has 0 aliphatic carbocycles. The van der Waals surface area contributed by atoms with Gasteiger partial charge in [-0.25, -0.2) is 9.97 Å². The third kappa shape index (κ3) is 2.11. The van der Waals surface area contributed by atoms with Crippen molar-refractivity contribution in [3.8, 4) is 11.3 Å². The molecule has 0 bridgehead atoms. The van der Waals surface area contributed by atoms with Gasteiger partial charge in [0.25, 0.3) is 0 Å². The van der Waals surface area contributed by atoms with Gasteiger partial charge < -0.3 is 0 Å². The molecule has 0 aliphatic heterocycles. The van der Waals surface area contributed by atoms with Crippen LogP contribution in [0, 0.1) is 0 Å². The summed E-state index contributed by atoms with van der Waals surface area (Å²) in [5, 5.41) is 4.15. The predicted octanol–water partition coefficient (Wildman–Crippen LogP) is 3.74. The Labute approximate surface area is 96.4 Å². The summed E-state index contributed by atoms with van der Waals surface area (Å²) in [5.41, 5.74) is 10.3. The molecule has 0 saturated heterocycles. The zero-order valence-electron chi connectivity index (χ0n) is 8.08. The number of nitrogens with zero attached hydrogens (tertiary/aromatic N) is 5. The Balaban J connectivity index is 2.62. The lowest BCUT2D eigenvalue weighted by Gasteiger charge is -2.04. The smallest absolute Gasteiger partial charge is 0.116 e. The fraction of sp³-hybridized carbons (Fsp3) is 0. The van der Waals surface area contributed by atoms with Crippen LogP contribution in [0.25, 0.3) is 21.7 Å². The molecule has 5 nitrogen and oxygen atoms in total. The summed E-state index contributed by atoms with van der Waals surface area (Å²) in [7, 11) is 0. The molecule has 0 atom stereocenters. The summed E-state index contributed by atoms with van der Waals surface area (Å²) in [6, 6.07) is 6.74. The Morgan fingerprint density at radius 1 is 1.31 bits per heavy atom. The molecular formula is C10H6ClN5. The molecule has 1 heterocycles. The summed E-state index contributed by atoms with van der Waals surface area (Å²) >= 11 is 5.89. The van der Waals surface area contributed by atoms with E-state index in [1.165, 1.54) is 6.33 Å². The maximum absolute atomic E-state index is 8.45. The molecule has 78 valence electrons. The third-order valence-electron chi connectivity index (χ3n) is 1.97. The largest absolute Gasteiger partial charge is 0.245 e. The zero-order valence-corrected chi connectivity index (χ0v) is 8.83. The molecule has 0 aliphatic rings. The zero-order chi connectivity index (χ0) is 11.4. The van der Waals surface area contributed by atoms with E-state index in [1.807, 2.05) is 0 Å². The maximum atomic E-state index is 8.45. The van der Waals surface area contributed by atoms with Crippen molar-refractivity contribution in [3.05, 3.63) is 52.3 Å². The highest BCUT2D eigenvalue weighted by Crippen LogP contribution is 2.31. The number of aromatic nitrogens is 2. The topological polar surface area (TPSA) is 74.5 Å². The van der Waals surface area contributed by atoms with Crippen molar-refractivity contribution in [3.63, 3.8) is 0 Å². The summed E-state index contributed by atoms with van der Waals surface area (Å²) in [6.45, 7) is 0. The van der Waals surface area contributed by atoms with Crippen LogP contribution in [0.1, 0.15) is 0 Å². The quantitative estimate of drug-likeness (QED) is 0.449. The van der Waals surface area contributed by atoms with Crippen LogP contribution in [0.15, 0.2) is 41.9 Å². The van der Waals surface area contributed by atoms with Crippen LogP contribution < -0.4 is 0 Å². The van der Waals surface area contributed by atoms with Crippen LogP contribution in [0.5, 0.6) is 0 Å². The molecule has 2 aromatic rings. The van der Waals surface area contributed by atoms with Crippen molar-refractivity contribution >= 4 is 17.3 Å². The van der Waals surface area contributed by atoms with Crippen molar-refractivity contribution < 1.29 is 0 Å². The van der Waals surface area contributed by atoms with Gasteiger partial charge in [0, 0.05) is 27.4 Å². The van der Waals surface area contributed by atoms with Crippen molar-refractivity contribution in [2.45, 2.75) is 0 Å². The lowest BCUT2D eigenvalue weighted by molar-refractivity contribution is 1.17. The minimum Gasteiger partial charge on any atom is -0.245 e. The normalized spacial score (nSPS) is 9.56. The summed E-state index contributed by atoms with van der Waals surface area (Å²) < 4.78 is 0. The van der Waals surface area contributed by atoms with Crippen LogP contribution in [-0.4, -0.2) is 9.97 Å². The average Bonchev–Trinajstić information content (AvgIpc) is 2.33. The number of halogens is 1. The van der Waals surface area contributed by atoms with Gasteiger partial charge in [-0.15, -0.1) is 0 Å². The monoisotopic (exact) mass is 231 g/mol. The minimum atomic E-state index is 0.491. The number of benzene rings is 1. The number of hydrogen-bond donors (Lipinski definition) is 0. The molecule has 0 fully saturated rings. The summed E-state index contributed by atoms with van der Waals surface area (Å²) in [4.78, 5) is 10.7. The van der Waals surface area contributed by atoms with Gasteiger partial charge in [0.05, 0.1) is 5.69 Å². The molecule has 0 amide bonds. The Kier molecular flexibility index (Phi) is 3.00. The molecule has 6 heteroatoms. The van der Waals surface area contributed by atoms with Gasteiger partial charge in [-0.05, 0) is 23.7 Å². The second-order valence-electron chi connectivity index (χ2n) is 2.95. The van der Waals surface area contributed by atoms with E-state index >= 15 is 0 Å². The Morgan fingerprint density at radius 3 is 2.88 bits per heavy atom. The van der Waals surface area contributed by atoms with E-state index < -0.39 is 0 Å². The van der Waals surface area contributed by atoms with E-state index in [2.05, 4.69) is 20.0 Å². The molecule has 1 aromatic heterocycles. The van der Waals surface area contributed by atoms with Crippen molar-refractivity contribution in [1.82, 2.24) is 9.97 Å². The SMILES string of the molecule is [N-]=[N+]=Nc1ccc(Cl)cc1-c1ccncn1. The van der Waals surface area contributed by atoms with Gasteiger partial charge in [0.15, 0.2) is 0 Å². The van der Waals surface area contributed by atoms with E-state index in [0.29, 0.717) is 22.0 Å². The molecule has 16 heavy (non-hydrogen) atoms. The fourth-order valence-electron chi connectivity index (χ4n) is 1.30. The molecule has 2 rings (SSSR count). The predicted molar refractivity (Wildman–Crippen MR) is 61.3 cm³/mol. The highest BCUT2D eigenvalue weighted by atomic mass is 35.5. The highest BCUT2D eigenvalue weighted by molar-refractivity contribution is 6.31. The maximum Gasteiger partial charge on any atom is 0.116 e. The van der Waals surface area contributed by atoms with Gasteiger partial charge in [-0.2, -0.15) is 0 Å². The summed E-state index contributed by atoms with van der Waals surface area (Å²) in [5.74, 6) is 0. The van der Waals surface area contributed by atoms with Crippen LogP contribution in [0.3, 0.4) is 0 Å². The molecule has 0 spiro atoms. The number of azide groups is 1. The van der Waals surface area contributed by atoms with E-state index in [1.54, 1.807) is 30.5 Å². The van der Waals surface area contributed by atoms with Crippen molar-refractivity contribution in [1.29, 1.82) is 0 Å². The molecule has 0 unspecified atom stereocenters. The number of hydrogen-bond acceptors (Lipinski definition) is 3. The van der Waals surface area contributed by atoms with E-state index in [0.717, 1.165) is 0 Å². The van der Waals surface area contributed by atoms with Crippen LogP contribution >= 0.6 is 11.6 Å². The van der Waals surface area contributed by atoms with Crippen LogP contribution in [0.2, 0.25) is 5.02 Å². The number of rotatable bonds is 2. The molecule has 0 N–H and O–H groups in total. The second kappa shape index (κ2) is 4.61. The van der Waals surface area contributed by atoms with Crippen LogP contribution in [0.4, 0.5) is 5.69 Å². The fourth-order valence-corrected chi connectivity index (χ4v) is 1.47. The lowest BCUT2D eigenvalue weighted by atomic mass is 10.1. The molecule has 1 aromatic carbocycles. The second-order valence-corrected chi connectivity index (χ2v) is 3.38. The van der Waals surface area contributed by atoms with Crippen molar-refractivity contribution in [2.24, 2.45) is 5.11 Å². The standard InChI is InChI=1S/C10H6ClN5/c11-7-1-2-10(15-16-12)8(5-7)9-3-4-13-6-14-9/h1-6H. The third-order valence-corrected chi connectivity index (χ3v) is 2.20. The van der Waals surface area contributed by atoms with Gasteiger partial charge in [0.2, 0.25) is 0 Å². The van der Waals surface area contributed by atoms with Gasteiger partial charge >= 0.3 is 0 Å². The lowest BCUT2D eigenvalue weighted by Crippen LogP contribution is -1.84. The molecule has 0 saturated carbocycles. The molecule has 0 radical (unpaired) electrons. The minimum absolute atomic E-state index is 0.491. The van der Waals surface area contributed by atoms with Crippen LogP contribution in [-0.2, 0) is 0 Å². The molecular weight excluding hydrogens is 226 g/mol. The Morgan fingerprint density at radius 2 is 2.19 bits per heavy atom. The van der Waals surface area contributed by atoms with Gasteiger partial charge in [0.1, 0.15) is 6.33 Å². The van der Waals surface area contributed by atoms with Gasteiger partial charge in [-0.1, -0.05) is 22.8 Å². The first-order valence-corrected chi connectivity index (χ1v) is 4.80. The van der Waals surface area contributed by atoms with Crippen molar-refractivity contribution in [2.75, 3.05) is 0 Å². The summed E-state index contributed by atoms with van der Waals surface area (Å²) in [6.07, 6.45) is 3.04. The first-order chi connectivity index (χ1) is 7.81. The van der Waals surface area contributed by atoms with E-state index in [4.69, 9.17) is 17.1 Å². The van der Waals surface area contributed by atoms with E-state index in [-0.39, 0.29) is 0 Å². The van der Waals surface area contributed by atoms with Gasteiger partial charge in [-0.3, -0.25) is 0 Å². The Bertz CT molecular complexity index is 548. The highest BCUT2D eigenvalue weighted by Gasteiger charge is 2.05. The first-order valence-electron chi connectivity index (χ1n) is 4.42. The Hall–Kier alpha value is -2.10. The van der Waals surface area contributed by atoms with E-state index in [9.17, 15) is 0 Å². The average molecular weight is 232 g/mol. The first kappa shape index (κ1) is 10.4.